The van der Waals surface area contributed by atoms with Crippen LogP contribution in [-0.2, 0) is 18.8 Å². The molecule has 3 rings (SSSR count). The van der Waals surface area contributed by atoms with Crippen LogP contribution in [-0.4, -0.2) is 20.0 Å². The molecule has 0 bridgehead atoms. The SMILES string of the molecule is COP(=O)(OC)C1(C(C#N)C#N)C(=O)c2cccc3cccc1c23. The average Bonchev–Trinajstić information content (AvgIpc) is 2.88. The second kappa shape index (κ2) is 5.54. The minimum Gasteiger partial charge on any atom is -0.311 e. The second-order valence-electron chi connectivity index (χ2n) is 5.36. The monoisotopic (exact) mass is 340 g/mol. The molecular formula is C17H13N2O4P. The zero-order valence-electron chi connectivity index (χ0n) is 13.0. The van der Waals surface area contributed by atoms with Gasteiger partial charge in [0.1, 0.15) is 0 Å². The van der Waals surface area contributed by atoms with E-state index >= 15 is 0 Å². The topological polar surface area (TPSA) is 100 Å². The first-order valence-electron chi connectivity index (χ1n) is 7.09. The Morgan fingerprint density at radius 1 is 1.08 bits per heavy atom. The quantitative estimate of drug-likeness (QED) is 0.791. The summed E-state index contributed by atoms with van der Waals surface area (Å²) in [7, 11) is -1.85. The number of nitriles is 2. The summed E-state index contributed by atoms with van der Waals surface area (Å²) < 4.78 is 23.6. The van der Waals surface area contributed by atoms with E-state index < -0.39 is 24.5 Å². The summed E-state index contributed by atoms with van der Waals surface area (Å²) in [5.41, 5.74) is 0.647. The largest absolute Gasteiger partial charge is 0.350 e. The Balaban J connectivity index is 2.53. The molecule has 0 spiro atoms. The molecular weight excluding hydrogens is 327 g/mol. The van der Waals surface area contributed by atoms with Gasteiger partial charge in [0.05, 0.1) is 12.1 Å². The van der Waals surface area contributed by atoms with Crippen LogP contribution in [0.4, 0.5) is 0 Å². The van der Waals surface area contributed by atoms with Crippen molar-refractivity contribution in [1.82, 2.24) is 0 Å². The highest BCUT2D eigenvalue weighted by molar-refractivity contribution is 7.56. The van der Waals surface area contributed by atoms with Crippen LogP contribution in [0.3, 0.4) is 0 Å². The van der Waals surface area contributed by atoms with Crippen LogP contribution in [0.15, 0.2) is 36.4 Å². The van der Waals surface area contributed by atoms with E-state index in [-0.39, 0.29) is 0 Å². The lowest BCUT2D eigenvalue weighted by Crippen LogP contribution is -2.40. The second-order valence-corrected chi connectivity index (χ2v) is 7.79. The fourth-order valence-corrected chi connectivity index (χ4v) is 5.48. The van der Waals surface area contributed by atoms with Gasteiger partial charge < -0.3 is 9.05 Å². The highest BCUT2D eigenvalue weighted by Crippen LogP contribution is 2.71. The number of carbonyl (C=O) groups excluding carboxylic acids is 1. The molecule has 0 amide bonds. The van der Waals surface area contributed by atoms with Gasteiger partial charge in [0.15, 0.2) is 16.9 Å². The van der Waals surface area contributed by atoms with Crippen LogP contribution in [0.25, 0.3) is 10.8 Å². The first kappa shape index (κ1) is 16.4. The zero-order valence-corrected chi connectivity index (χ0v) is 13.9. The van der Waals surface area contributed by atoms with Crippen molar-refractivity contribution < 1.29 is 18.4 Å². The highest BCUT2D eigenvalue weighted by Gasteiger charge is 2.66. The summed E-state index contributed by atoms with van der Waals surface area (Å²) in [6.07, 6.45) is 0. The lowest BCUT2D eigenvalue weighted by molar-refractivity contribution is 0.0906. The van der Waals surface area contributed by atoms with Crippen molar-refractivity contribution in [3.05, 3.63) is 47.5 Å². The van der Waals surface area contributed by atoms with Gasteiger partial charge in [-0.2, -0.15) is 10.5 Å². The molecule has 0 fully saturated rings. The molecule has 6 nitrogen and oxygen atoms in total. The number of Topliss-reactive ketones (excluding diaryl/α,β-unsaturated/α-hetero) is 1. The van der Waals surface area contributed by atoms with E-state index in [4.69, 9.17) is 9.05 Å². The van der Waals surface area contributed by atoms with Gasteiger partial charge in [0.25, 0.3) is 0 Å². The Bertz CT molecular complexity index is 961. The number of benzene rings is 2. The Kier molecular flexibility index (Phi) is 3.78. The van der Waals surface area contributed by atoms with Crippen molar-refractivity contribution in [2.45, 2.75) is 5.16 Å². The van der Waals surface area contributed by atoms with E-state index in [0.29, 0.717) is 16.5 Å². The third-order valence-corrected chi connectivity index (χ3v) is 7.02. The Labute approximate surface area is 138 Å². The molecule has 2 aromatic rings. The van der Waals surface area contributed by atoms with Crippen molar-refractivity contribution in [1.29, 1.82) is 10.5 Å². The molecule has 1 atom stereocenters. The molecule has 1 aliphatic rings. The van der Waals surface area contributed by atoms with E-state index in [2.05, 4.69) is 0 Å². The van der Waals surface area contributed by atoms with Gasteiger partial charge in [0.2, 0.25) is 0 Å². The molecule has 0 aromatic heterocycles. The van der Waals surface area contributed by atoms with Crippen molar-refractivity contribution in [2.75, 3.05) is 14.2 Å². The lowest BCUT2D eigenvalue weighted by Gasteiger charge is -2.34. The maximum absolute atomic E-state index is 13.4. The fourth-order valence-electron chi connectivity index (χ4n) is 3.47. The highest BCUT2D eigenvalue weighted by atomic mass is 31.2. The van der Waals surface area contributed by atoms with Gasteiger partial charge in [-0.25, -0.2) is 0 Å². The van der Waals surface area contributed by atoms with Crippen molar-refractivity contribution in [3.63, 3.8) is 0 Å². The van der Waals surface area contributed by atoms with Crippen LogP contribution in [0.2, 0.25) is 0 Å². The van der Waals surface area contributed by atoms with Gasteiger partial charge in [-0.05, 0) is 16.3 Å². The Morgan fingerprint density at radius 3 is 2.21 bits per heavy atom. The number of hydrogen-bond donors (Lipinski definition) is 0. The summed E-state index contributed by atoms with van der Waals surface area (Å²) >= 11 is 0. The smallest absolute Gasteiger partial charge is 0.311 e. The van der Waals surface area contributed by atoms with Gasteiger partial charge in [0, 0.05) is 19.8 Å². The van der Waals surface area contributed by atoms with E-state index in [9.17, 15) is 19.9 Å². The number of rotatable bonds is 4. The molecule has 0 radical (unpaired) electrons. The van der Waals surface area contributed by atoms with Crippen LogP contribution in [0.1, 0.15) is 15.9 Å². The number of nitrogens with zero attached hydrogens (tertiary/aromatic N) is 2. The van der Waals surface area contributed by atoms with Crippen molar-refractivity contribution in [2.24, 2.45) is 5.92 Å². The average molecular weight is 340 g/mol. The number of carbonyl (C=O) groups is 1. The predicted octanol–water partition coefficient (Wildman–Crippen LogP) is 3.38. The van der Waals surface area contributed by atoms with Gasteiger partial charge >= 0.3 is 7.60 Å². The summed E-state index contributed by atoms with van der Waals surface area (Å²) in [5, 5.41) is 18.3. The summed E-state index contributed by atoms with van der Waals surface area (Å²) in [4.78, 5) is 13.3. The van der Waals surface area contributed by atoms with Gasteiger partial charge in [-0.15, -0.1) is 0 Å². The fraction of sp³-hybridized carbons (Fsp3) is 0.235. The normalized spacial score (nSPS) is 19.5. The number of ketones is 1. The molecule has 0 N–H and O–H groups in total. The van der Waals surface area contributed by atoms with Gasteiger partial charge in [-0.1, -0.05) is 36.4 Å². The minimum absolute atomic E-state index is 0.313. The molecule has 0 saturated heterocycles. The third-order valence-electron chi connectivity index (χ3n) is 4.49. The van der Waals surface area contributed by atoms with Crippen LogP contribution in [0.5, 0.6) is 0 Å². The molecule has 1 unspecified atom stereocenters. The summed E-state index contributed by atoms with van der Waals surface area (Å²) in [5.74, 6) is -2.11. The lowest BCUT2D eigenvalue weighted by atomic mass is 9.86. The Morgan fingerprint density at radius 2 is 1.67 bits per heavy atom. The third kappa shape index (κ3) is 1.71. The van der Waals surface area contributed by atoms with Crippen LogP contribution >= 0.6 is 7.60 Å². The molecule has 7 heteroatoms. The van der Waals surface area contributed by atoms with E-state index in [0.717, 1.165) is 19.6 Å². The zero-order chi connectivity index (χ0) is 17.5. The summed E-state index contributed by atoms with van der Waals surface area (Å²) in [6, 6.07) is 13.8. The standard InChI is InChI=1S/C17H13N2O4P/c1-22-24(21,23-2)17(12(9-18)10-19)14-8-4-6-11-5-3-7-13(15(11)14)16(17)20/h3-8,12H,1-2H3. The number of hydrogen-bond acceptors (Lipinski definition) is 6. The Hall–Kier alpha value is -2.50. The van der Waals surface area contributed by atoms with E-state index in [1.165, 1.54) is 0 Å². The van der Waals surface area contributed by atoms with Crippen LogP contribution in [0, 0.1) is 28.6 Å². The maximum Gasteiger partial charge on any atom is 0.350 e. The molecule has 120 valence electrons. The molecule has 24 heavy (non-hydrogen) atoms. The molecule has 0 saturated carbocycles. The van der Waals surface area contributed by atoms with E-state index in [1.807, 2.05) is 12.1 Å². The maximum atomic E-state index is 13.4. The minimum atomic E-state index is -4.14. The summed E-state index contributed by atoms with van der Waals surface area (Å²) in [6.45, 7) is 0. The van der Waals surface area contributed by atoms with Crippen LogP contribution < -0.4 is 0 Å². The molecule has 0 aliphatic heterocycles. The van der Waals surface area contributed by atoms with Crippen molar-refractivity contribution in [3.8, 4) is 12.1 Å². The van der Waals surface area contributed by atoms with Gasteiger partial charge in [-0.3, -0.25) is 9.36 Å². The predicted molar refractivity (Wildman–Crippen MR) is 86.3 cm³/mol. The van der Waals surface area contributed by atoms with E-state index in [1.54, 1.807) is 36.4 Å². The molecule has 2 aromatic carbocycles. The first-order chi connectivity index (χ1) is 11.5. The first-order valence-corrected chi connectivity index (χ1v) is 8.64. The molecule has 1 aliphatic carbocycles. The molecule has 0 heterocycles. The van der Waals surface area contributed by atoms with Crippen molar-refractivity contribution >= 4 is 24.2 Å².